The molecule has 0 spiro atoms. The predicted molar refractivity (Wildman–Crippen MR) is 71.7 cm³/mol. The Morgan fingerprint density at radius 3 is 2.58 bits per heavy atom. The first-order valence-electron chi connectivity index (χ1n) is 5.90. The highest BCUT2D eigenvalue weighted by Gasteiger charge is 2.02. The maximum Gasteiger partial charge on any atom is 0.248 e. The Morgan fingerprint density at radius 1 is 1.11 bits per heavy atom. The van der Waals surface area contributed by atoms with Crippen LogP contribution >= 0.6 is 0 Å². The van der Waals surface area contributed by atoms with Crippen molar-refractivity contribution < 1.29 is 14.6 Å². The molecule has 0 saturated carbocycles. The van der Waals surface area contributed by atoms with Crippen molar-refractivity contribution in [1.82, 2.24) is 0 Å². The number of aliphatic hydroxyl groups excluding tert-OH is 1. The van der Waals surface area contributed by atoms with Crippen molar-refractivity contribution in [3.05, 3.63) is 65.2 Å². The quantitative estimate of drug-likeness (QED) is 0.858. The molecule has 0 saturated heterocycles. The first kappa shape index (κ1) is 13.1. The number of ether oxygens (including phenoxy) is 1. The molecule has 0 atom stereocenters. The second kappa shape index (κ2) is 6.02. The van der Waals surface area contributed by atoms with Gasteiger partial charge in [-0.1, -0.05) is 24.3 Å². The smallest absolute Gasteiger partial charge is 0.248 e. The van der Waals surface area contributed by atoms with E-state index in [0.717, 1.165) is 11.1 Å². The van der Waals surface area contributed by atoms with Crippen LogP contribution in [0.4, 0.5) is 0 Å². The van der Waals surface area contributed by atoms with E-state index < -0.39 is 5.91 Å². The fourth-order valence-corrected chi connectivity index (χ4v) is 1.71. The van der Waals surface area contributed by atoms with Crippen molar-refractivity contribution in [3.63, 3.8) is 0 Å². The summed E-state index contributed by atoms with van der Waals surface area (Å²) in [5.74, 6) is 0.222. The SMILES string of the molecule is NC(=O)c1cccc(COc2cccc(CO)c2)c1. The number of carbonyl (C=O) groups excluding carboxylic acids is 1. The van der Waals surface area contributed by atoms with Gasteiger partial charge in [-0.05, 0) is 35.4 Å². The van der Waals surface area contributed by atoms with Crippen LogP contribution < -0.4 is 10.5 Å². The predicted octanol–water partition coefficient (Wildman–Crippen LogP) is 1.86. The second-order valence-corrected chi connectivity index (χ2v) is 4.16. The van der Waals surface area contributed by atoms with Gasteiger partial charge in [-0.25, -0.2) is 0 Å². The zero-order valence-corrected chi connectivity index (χ0v) is 10.4. The molecule has 19 heavy (non-hydrogen) atoms. The number of nitrogens with two attached hydrogens (primary N) is 1. The molecule has 2 aromatic carbocycles. The molecule has 0 bridgehead atoms. The Kier molecular flexibility index (Phi) is 4.15. The minimum Gasteiger partial charge on any atom is -0.489 e. The monoisotopic (exact) mass is 257 g/mol. The summed E-state index contributed by atoms with van der Waals surface area (Å²) in [5.41, 5.74) is 7.34. The van der Waals surface area contributed by atoms with Crippen molar-refractivity contribution in [3.8, 4) is 5.75 Å². The minimum absolute atomic E-state index is 0.0195. The zero-order valence-electron chi connectivity index (χ0n) is 10.4. The topological polar surface area (TPSA) is 72.6 Å². The van der Waals surface area contributed by atoms with E-state index in [1.54, 1.807) is 24.3 Å². The summed E-state index contributed by atoms with van der Waals surface area (Å²) < 4.78 is 5.61. The minimum atomic E-state index is -0.455. The van der Waals surface area contributed by atoms with Crippen molar-refractivity contribution >= 4 is 5.91 Å². The number of carbonyl (C=O) groups is 1. The number of primary amides is 1. The highest BCUT2D eigenvalue weighted by atomic mass is 16.5. The fraction of sp³-hybridized carbons (Fsp3) is 0.133. The highest BCUT2D eigenvalue weighted by Crippen LogP contribution is 2.15. The summed E-state index contributed by atoms with van der Waals surface area (Å²) in [4.78, 5) is 11.1. The van der Waals surface area contributed by atoms with Crippen LogP contribution in [0.3, 0.4) is 0 Å². The molecule has 0 aliphatic carbocycles. The number of hydrogen-bond donors (Lipinski definition) is 2. The van der Waals surface area contributed by atoms with Crippen LogP contribution in [0.2, 0.25) is 0 Å². The second-order valence-electron chi connectivity index (χ2n) is 4.16. The molecule has 3 N–H and O–H groups in total. The third-order valence-corrected chi connectivity index (χ3v) is 2.70. The lowest BCUT2D eigenvalue weighted by atomic mass is 10.1. The Labute approximate surface area is 111 Å². The number of amides is 1. The van der Waals surface area contributed by atoms with Gasteiger partial charge >= 0.3 is 0 Å². The third-order valence-electron chi connectivity index (χ3n) is 2.70. The summed E-state index contributed by atoms with van der Waals surface area (Å²) in [6.07, 6.45) is 0. The van der Waals surface area contributed by atoms with Gasteiger partial charge in [-0.3, -0.25) is 4.79 Å². The number of hydrogen-bond acceptors (Lipinski definition) is 3. The Morgan fingerprint density at radius 2 is 1.84 bits per heavy atom. The van der Waals surface area contributed by atoms with Gasteiger partial charge in [0.15, 0.2) is 0 Å². The highest BCUT2D eigenvalue weighted by molar-refractivity contribution is 5.92. The molecule has 0 aliphatic rings. The molecule has 0 unspecified atom stereocenters. The van der Waals surface area contributed by atoms with E-state index in [0.29, 0.717) is 17.9 Å². The molecule has 98 valence electrons. The average molecular weight is 257 g/mol. The summed E-state index contributed by atoms with van der Waals surface area (Å²) in [6, 6.07) is 14.2. The van der Waals surface area contributed by atoms with Gasteiger partial charge in [0, 0.05) is 5.56 Å². The van der Waals surface area contributed by atoms with E-state index in [1.165, 1.54) is 0 Å². The average Bonchev–Trinajstić information content (AvgIpc) is 2.45. The molecule has 4 nitrogen and oxygen atoms in total. The molecule has 2 rings (SSSR count). The number of rotatable bonds is 5. The van der Waals surface area contributed by atoms with Crippen LogP contribution in [0.5, 0.6) is 5.75 Å². The lowest BCUT2D eigenvalue weighted by Gasteiger charge is -2.08. The van der Waals surface area contributed by atoms with Gasteiger partial charge in [-0.2, -0.15) is 0 Å². The molecule has 4 heteroatoms. The lowest BCUT2D eigenvalue weighted by Crippen LogP contribution is -2.11. The van der Waals surface area contributed by atoms with E-state index in [-0.39, 0.29) is 6.61 Å². The molecule has 0 heterocycles. The van der Waals surface area contributed by atoms with Gasteiger partial charge in [-0.15, -0.1) is 0 Å². The lowest BCUT2D eigenvalue weighted by molar-refractivity contribution is 0.1000. The molecule has 0 radical (unpaired) electrons. The van der Waals surface area contributed by atoms with E-state index in [9.17, 15) is 4.79 Å². The molecule has 0 fully saturated rings. The van der Waals surface area contributed by atoms with Crippen LogP contribution in [0, 0.1) is 0 Å². The standard InChI is InChI=1S/C15H15NO3/c16-15(18)13-5-1-4-12(7-13)10-19-14-6-2-3-11(8-14)9-17/h1-8,17H,9-10H2,(H2,16,18). The fourth-order valence-electron chi connectivity index (χ4n) is 1.71. The normalized spacial score (nSPS) is 10.2. The molecule has 0 aromatic heterocycles. The van der Waals surface area contributed by atoms with Crippen molar-refractivity contribution in [2.75, 3.05) is 0 Å². The van der Waals surface area contributed by atoms with Crippen molar-refractivity contribution in [2.24, 2.45) is 5.73 Å². The zero-order chi connectivity index (χ0) is 13.7. The van der Waals surface area contributed by atoms with Gasteiger partial charge in [0.05, 0.1) is 6.61 Å². The largest absolute Gasteiger partial charge is 0.489 e. The molecule has 1 amide bonds. The Balaban J connectivity index is 2.05. The number of benzene rings is 2. The van der Waals surface area contributed by atoms with Crippen molar-refractivity contribution in [1.29, 1.82) is 0 Å². The van der Waals surface area contributed by atoms with E-state index in [1.807, 2.05) is 24.3 Å². The molecular formula is C15H15NO3. The van der Waals surface area contributed by atoms with E-state index in [2.05, 4.69) is 0 Å². The summed E-state index contributed by atoms with van der Waals surface area (Å²) >= 11 is 0. The maximum absolute atomic E-state index is 11.1. The van der Waals surface area contributed by atoms with E-state index >= 15 is 0 Å². The molecular weight excluding hydrogens is 242 g/mol. The maximum atomic E-state index is 11.1. The van der Waals surface area contributed by atoms with Crippen LogP contribution in [0.15, 0.2) is 48.5 Å². The van der Waals surface area contributed by atoms with Crippen LogP contribution in [0.25, 0.3) is 0 Å². The van der Waals surface area contributed by atoms with Crippen LogP contribution in [-0.2, 0) is 13.2 Å². The molecule has 2 aromatic rings. The van der Waals surface area contributed by atoms with Crippen LogP contribution in [-0.4, -0.2) is 11.0 Å². The van der Waals surface area contributed by atoms with Crippen LogP contribution in [0.1, 0.15) is 21.5 Å². The van der Waals surface area contributed by atoms with Gasteiger partial charge in [0.25, 0.3) is 0 Å². The van der Waals surface area contributed by atoms with Gasteiger partial charge in [0.1, 0.15) is 12.4 Å². The third kappa shape index (κ3) is 3.56. The Hall–Kier alpha value is -2.33. The first-order valence-corrected chi connectivity index (χ1v) is 5.90. The first-order chi connectivity index (χ1) is 9.19. The molecule has 0 aliphatic heterocycles. The summed E-state index contributed by atoms with van der Waals surface area (Å²) in [7, 11) is 0. The summed E-state index contributed by atoms with van der Waals surface area (Å²) in [6.45, 7) is 0.324. The van der Waals surface area contributed by atoms with Gasteiger partial charge in [0.2, 0.25) is 5.91 Å². The van der Waals surface area contributed by atoms with Crippen molar-refractivity contribution in [2.45, 2.75) is 13.2 Å². The number of aliphatic hydroxyl groups is 1. The Bertz CT molecular complexity index is 581. The summed E-state index contributed by atoms with van der Waals surface area (Å²) in [5, 5.41) is 9.04. The van der Waals surface area contributed by atoms with E-state index in [4.69, 9.17) is 15.6 Å². The van der Waals surface area contributed by atoms with Gasteiger partial charge < -0.3 is 15.6 Å².